The third-order valence-electron chi connectivity index (χ3n) is 5.77. The van der Waals surface area contributed by atoms with Crippen LogP contribution in [0, 0.1) is 5.92 Å². The smallest absolute Gasteiger partial charge is 0.356 e. The maximum Gasteiger partial charge on any atom is 0.356 e. The SMILES string of the molecule is CCOC(=O)c1[nH]c2ccc(OC)cc2c1NC(=O)[C@H](C)[NH+]1CCC(C(N)=O)CC1. The molecule has 2 heterocycles. The number of esters is 1. The van der Waals surface area contributed by atoms with Gasteiger partial charge >= 0.3 is 5.97 Å². The van der Waals surface area contributed by atoms with Crippen LogP contribution >= 0.6 is 0 Å². The molecule has 1 atom stereocenters. The van der Waals surface area contributed by atoms with Gasteiger partial charge in [0.1, 0.15) is 11.4 Å². The number of amides is 2. The van der Waals surface area contributed by atoms with E-state index in [0.717, 1.165) is 4.90 Å². The lowest BCUT2D eigenvalue weighted by atomic mass is 9.95. The molecule has 1 aliphatic rings. The highest BCUT2D eigenvalue weighted by atomic mass is 16.5. The van der Waals surface area contributed by atoms with Crippen molar-refractivity contribution in [3.63, 3.8) is 0 Å². The van der Waals surface area contributed by atoms with E-state index >= 15 is 0 Å². The Labute approximate surface area is 174 Å². The maximum absolute atomic E-state index is 13.0. The number of carbonyl (C=O) groups excluding carboxylic acids is 3. The Kier molecular flexibility index (Phi) is 6.61. The first kappa shape index (κ1) is 21.6. The quantitative estimate of drug-likeness (QED) is 0.487. The highest BCUT2D eigenvalue weighted by Crippen LogP contribution is 2.31. The first-order chi connectivity index (χ1) is 14.3. The zero-order valence-electron chi connectivity index (χ0n) is 17.5. The molecular weight excluding hydrogens is 388 g/mol. The number of likely N-dealkylation sites (tertiary alicyclic amines) is 1. The summed E-state index contributed by atoms with van der Waals surface area (Å²) in [5, 5.41) is 3.58. The van der Waals surface area contributed by atoms with Crippen LogP contribution in [0.4, 0.5) is 5.69 Å². The number of benzene rings is 1. The summed E-state index contributed by atoms with van der Waals surface area (Å²) in [6.07, 6.45) is 1.33. The molecule has 2 amide bonds. The van der Waals surface area contributed by atoms with E-state index in [9.17, 15) is 14.4 Å². The van der Waals surface area contributed by atoms with E-state index in [2.05, 4.69) is 10.3 Å². The van der Waals surface area contributed by atoms with Gasteiger partial charge in [-0.05, 0) is 32.0 Å². The molecule has 2 aromatic rings. The largest absolute Gasteiger partial charge is 0.497 e. The molecule has 1 aromatic carbocycles. The summed E-state index contributed by atoms with van der Waals surface area (Å²) in [5.41, 5.74) is 6.67. The van der Waals surface area contributed by atoms with Crippen LogP contribution in [0.5, 0.6) is 5.75 Å². The summed E-state index contributed by atoms with van der Waals surface area (Å²) in [6, 6.07) is 4.97. The van der Waals surface area contributed by atoms with Crippen molar-refractivity contribution in [3.8, 4) is 5.75 Å². The Balaban J connectivity index is 1.84. The van der Waals surface area contributed by atoms with E-state index in [1.165, 1.54) is 0 Å². The lowest BCUT2D eigenvalue weighted by Crippen LogP contribution is -3.17. The van der Waals surface area contributed by atoms with Gasteiger partial charge in [-0.2, -0.15) is 0 Å². The van der Waals surface area contributed by atoms with Gasteiger partial charge in [0.05, 0.1) is 32.5 Å². The van der Waals surface area contributed by atoms with Crippen LogP contribution < -0.4 is 20.7 Å². The third-order valence-corrected chi connectivity index (χ3v) is 5.77. The molecule has 1 fully saturated rings. The number of fused-ring (bicyclic) bond motifs is 1. The summed E-state index contributed by atoms with van der Waals surface area (Å²) in [7, 11) is 1.56. The summed E-state index contributed by atoms with van der Waals surface area (Å²) >= 11 is 0. The zero-order chi connectivity index (χ0) is 21.8. The van der Waals surface area contributed by atoms with Gasteiger partial charge < -0.3 is 30.4 Å². The first-order valence-electron chi connectivity index (χ1n) is 10.2. The molecule has 0 bridgehead atoms. The van der Waals surface area contributed by atoms with Gasteiger partial charge in [-0.1, -0.05) is 0 Å². The summed E-state index contributed by atoms with van der Waals surface area (Å²) < 4.78 is 10.4. The number of nitrogens with two attached hydrogens (primary N) is 1. The lowest BCUT2D eigenvalue weighted by molar-refractivity contribution is -0.919. The predicted octanol–water partition coefficient (Wildman–Crippen LogP) is 0.460. The molecule has 162 valence electrons. The minimum Gasteiger partial charge on any atom is -0.497 e. The Bertz CT molecular complexity index is 946. The third kappa shape index (κ3) is 4.40. The number of aromatic amines is 1. The van der Waals surface area contributed by atoms with Crippen molar-refractivity contribution in [2.24, 2.45) is 11.7 Å². The van der Waals surface area contributed by atoms with Crippen molar-refractivity contribution >= 4 is 34.4 Å². The number of quaternary nitrogens is 1. The summed E-state index contributed by atoms with van der Waals surface area (Å²) in [6.45, 7) is 5.17. The first-order valence-corrected chi connectivity index (χ1v) is 10.2. The number of carbonyl (C=O) groups is 3. The second kappa shape index (κ2) is 9.17. The Morgan fingerprint density at radius 3 is 2.60 bits per heavy atom. The number of methoxy groups -OCH3 is 1. The minimum absolute atomic E-state index is 0.125. The number of rotatable bonds is 7. The number of anilines is 1. The second-order valence-electron chi connectivity index (χ2n) is 7.55. The number of nitrogens with one attached hydrogen (secondary N) is 3. The van der Waals surface area contributed by atoms with E-state index < -0.39 is 5.97 Å². The van der Waals surface area contributed by atoms with Crippen LogP contribution in [-0.2, 0) is 14.3 Å². The molecule has 3 rings (SSSR count). The van der Waals surface area contributed by atoms with Crippen molar-refractivity contribution in [2.45, 2.75) is 32.7 Å². The maximum atomic E-state index is 13.0. The molecule has 1 saturated heterocycles. The van der Waals surface area contributed by atoms with Crippen LogP contribution in [0.25, 0.3) is 10.9 Å². The number of hydrogen-bond acceptors (Lipinski definition) is 5. The molecule has 1 aliphatic heterocycles. The summed E-state index contributed by atoms with van der Waals surface area (Å²) in [4.78, 5) is 41.0. The molecule has 0 aliphatic carbocycles. The molecule has 9 nitrogen and oxygen atoms in total. The molecule has 0 spiro atoms. The van der Waals surface area contributed by atoms with Gasteiger partial charge in [-0.25, -0.2) is 4.79 Å². The Morgan fingerprint density at radius 2 is 2.00 bits per heavy atom. The molecule has 0 unspecified atom stereocenters. The average molecular weight is 417 g/mol. The number of ether oxygens (including phenoxy) is 2. The number of H-pyrrole nitrogens is 1. The molecule has 5 N–H and O–H groups in total. The molecule has 0 saturated carbocycles. The highest BCUT2D eigenvalue weighted by molar-refractivity contribution is 6.11. The lowest BCUT2D eigenvalue weighted by Gasteiger charge is -2.31. The van der Waals surface area contributed by atoms with Crippen LogP contribution in [0.3, 0.4) is 0 Å². The fourth-order valence-corrected chi connectivity index (χ4v) is 3.91. The van der Waals surface area contributed by atoms with Crippen LogP contribution in [0.1, 0.15) is 37.2 Å². The van der Waals surface area contributed by atoms with Gasteiger partial charge in [-0.3, -0.25) is 9.59 Å². The van der Waals surface area contributed by atoms with Crippen molar-refractivity contribution in [1.82, 2.24) is 4.98 Å². The van der Waals surface area contributed by atoms with E-state index in [0.29, 0.717) is 48.3 Å². The van der Waals surface area contributed by atoms with E-state index in [1.54, 1.807) is 32.2 Å². The zero-order valence-corrected chi connectivity index (χ0v) is 17.5. The Hall–Kier alpha value is -3.07. The van der Waals surface area contributed by atoms with Gasteiger partial charge in [-0.15, -0.1) is 0 Å². The standard InChI is InChI=1S/C21H28N4O5/c1-4-30-21(28)18-17(15-11-14(29-3)5-6-16(15)23-18)24-20(27)12(2)25-9-7-13(8-10-25)19(22)26/h5-6,11-13,23H,4,7-10H2,1-3H3,(H2,22,26)(H,24,27)/p+1/t12-/m0/s1. The van der Waals surface area contributed by atoms with Crippen molar-refractivity contribution in [1.29, 1.82) is 0 Å². The van der Waals surface area contributed by atoms with Gasteiger partial charge in [0, 0.05) is 29.7 Å². The van der Waals surface area contributed by atoms with Crippen molar-refractivity contribution < 1.29 is 28.8 Å². The average Bonchev–Trinajstić information content (AvgIpc) is 3.11. The fraction of sp³-hybridized carbons (Fsp3) is 0.476. The number of piperidine rings is 1. The predicted molar refractivity (Wildman–Crippen MR) is 112 cm³/mol. The van der Waals surface area contributed by atoms with Crippen molar-refractivity contribution in [3.05, 3.63) is 23.9 Å². The van der Waals surface area contributed by atoms with Crippen LogP contribution in [-0.4, -0.2) is 55.6 Å². The Morgan fingerprint density at radius 1 is 1.30 bits per heavy atom. The van der Waals surface area contributed by atoms with Gasteiger partial charge in [0.15, 0.2) is 6.04 Å². The molecule has 30 heavy (non-hydrogen) atoms. The highest BCUT2D eigenvalue weighted by Gasteiger charge is 2.33. The van der Waals surface area contributed by atoms with E-state index in [-0.39, 0.29) is 36.1 Å². The second-order valence-corrected chi connectivity index (χ2v) is 7.55. The fourth-order valence-electron chi connectivity index (χ4n) is 3.91. The number of aromatic nitrogens is 1. The van der Waals surface area contributed by atoms with Gasteiger partial charge in [0.2, 0.25) is 5.91 Å². The number of primary amides is 1. The van der Waals surface area contributed by atoms with Crippen LogP contribution in [0.2, 0.25) is 0 Å². The minimum atomic E-state index is -0.537. The topological polar surface area (TPSA) is 128 Å². The van der Waals surface area contributed by atoms with Crippen LogP contribution in [0.15, 0.2) is 18.2 Å². The normalized spacial score (nSPS) is 19.8. The molecular formula is C21H29N4O5+. The van der Waals surface area contributed by atoms with Gasteiger partial charge in [0.25, 0.3) is 5.91 Å². The molecule has 0 radical (unpaired) electrons. The number of hydrogen-bond donors (Lipinski definition) is 4. The van der Waals surface area contributed by atoms with E-state index in [1.807, 2.05) is 6.92 Å². The molecule has 9 heteroatoms. The van der Waals surface area contributed by atoms with Crippen molar-refractivity contribution in [2.75, 3.05) is 32.1 Å². The van der Waals surface area contributed by atoms with E-state index in [4.69, 9.17) is 15.2 Å². The molecule has 1 aromatic heterocycles. The monoisotopic (exact) mass is 417 g/mol. The summed E-state index contributed by atoms with van der Waals surface area (Å²) in [5.74, 6) is -0.542.